The van der Waals surface area contributed by atoms with Crippen molar-refractivity contribution >= 4 is 19.3 Å². The summed E-state index contributed by atoms with van der Waals surface area (Å²) in [7, 11) is 2.54. The Kier molecular flexibility index (Phi) is 7.14. The van der Waals surface area contributed by atoms with E-state index in [-0.39, 0.29) is 6.54 Å². The van der Waals surface area contributed by atoms with Gasteiger partial charge in [-0.25, -0.2) is 4.79 Å². The van der Waals surface area contributed by atoms with E-state index in [2.05, 4.69) is 5.32 Å². The van der Waals surface area contributed by atoms with Crippen LogP contribution < -0.4 is 14.8 Å². The molecule has 166 valence electrons. The highest BCUT2D eigenvalue weighted by molar-refractivity contribution is 6.56. The Morgan fingerprint density at radius 1 is 1.07 bits per heavy atom. The molecule has 0 radical (unpaired) electrons. The first-order valence-corrected chi connectivity index (χ1v) is 10.0. The average molecular weight is 419 g/mol. The third-order valence-corrected chi connectivity index (χ3v) is 5.19. The smallest absolute Gasteiger partial charge is 0.492 e. The van der Waals surface area contributed by atoms with Crippen LogP contribution in [0.15, 0.2) is 23.7 Å². The van der Waals surface area contributed by atoms with Gasteiger partial charge in [-0.15, -0.1) is 0 Å². The molecule has 7 nitrogen and oxygen atoms in total. The van der Waals surface area contributed by atoms with Gasteiger partial charge < -0.3 is 28.8 Å². The number of carbonyl (C=O) groups excluding carboxylic acids is 1. The van der Waals surface area contributed by atoms with Crippen LogP contribution in [-0.4, -0.2) is 50.8 Å². The van der Waals surface area contributed by atoms with Crippen molar-refractivity contribution < 1.29 is 28.3 Å². The van der Waals surface area contributed by atoms with Gasteiger partial charge in [0.15, 0.2) is 0 Å². The van der Waals surface area contributed by atoms with Crippen molar-refractivity contribution in [2.75, 3.05) is 20.8 Å². The van der Waals surface area contributed by atoms with Gasteiger partial charge >= 0.3 is 13.2 Å². The van der Waals surface area contributed by atoms with Crippen LogP contribution in [0.3, 0.4) is 0 Å². The number of carbonyl (C=O) groups is 1. The fourth-order valence-electron chi connectivity index (χ4n) is 2.89. The monoisotopic (exact) mass is 419 g/mol. The Bertz CT molecular complexity index is 759. The molecule has 1 aliphatic heterocycles. The first kappa shape index (κ1) is 24.1. The molecule has 0 unspecified atom stereocenters. The van der Waals surface area contributed by atoms with E-state index in [4.69, 9.17) is 23.5 Å². The fourth-order valence-corrected chi connectivity index (χ4v) is 2.89. The second-order valence-corrected chi connectivity index (χ2v) is 9.24. The van der Waals surface area contributed by atoms with Crippen LogP contribution >= 0.6 is 0 Å². The third kappa shape index (κ3) is 5.70. The molecule has 1 N–H and O–H groups in total. The summed E-state index contributed by atoms with van der Waals surface area (Å²) in [4.78, 5) is 12.2. The van der Waals surface area contributed by atoms with Crippen LogP contribution in [0.4, 0.5) is 4.79 Å². The second kappa shape index (κ2) is 8.90. The molecule has 2 rings (SSSR count). The quantitative estimate of drug-likeness (QED) is 0.696. The fraction of sp³-hybridized carbons (Fsp3) is 0.591. The zero-order valence-corrected chi connectivity index (χ0v) is 19.5. The molecule has 0 spiro atoms. The van der Waals surface area contributed by atoms with Crippen molar-refractivity contribution in [3.63, 3.8) is 0 Å². The van der Waals surface area contributed by atoms with Gasteiger partial charge in [0.1, 0.15) is 17.1 Å². The molecule has 8 heteroatoms. The van der Waals surface area contributed by atoms with Gasteiger partial charge in [0.2, 0.25) is 0 Å². The van der Waals surface area contributed by atoms with Crippen LogP contribution in [0, 0.1) is 0 Å². The van der Waals surface area contributed by atoms with Crippen molar-refractivity contribution in [1.82, 2.24) is 5.32 Å². The summed E-state index contributed by atoms with van der Waals surface area (Å²) in [5.41, 5.74) is -0.189. The summed E-state index contributed by atoms with van der Waals surface area (Å²) in [6.45, 7) is 13.6. The average Bonchev–Trinajstić information content (AvgIpc) is 2.84. The summed E-state index contributed by atoms with van der Waals surface area (Å²) in [6, 6.07) is 5.54. The van der Waals surface area contributed by atoms with Gasteiger partial charge in [0, 0.05) is 6.54 Å². The van der Waals surface area contributed by atoms with Crippen molar-refractivity contribution in [2.45, 2.75) is 65.3 Å². The SMILES string of the molecule is COc1cccc(OC)c1C=C(CNC(=O)OC(C)(C)C)B1OC(C)(C)C(C)(C)O1. The van der Waals surface area contributed by atoms with E-state index < -0.39 is 30.0 Å². The van der Waals surface area contributed by atoms with Gasteiger partial charge in [-0.1, -0.05) is 6.07 Å². The standard InChI is InChI=1S/C22H34BNO6/c1-20(2,3)28-19(25)24-14-15(23-29-21(4,5)22(6,7)30-23)13-16-17(26-8)11-10-12-18(16)27-9/h10-13H,14H2,1-9H3,(H,24,25). The highest BCUT2D eigenvalue weighted by Crippen LogP contribution is 2.39. The van der Waals surface area contributed by atoms with Crippen molar-refractivity contribution in [1.29, 1.82) is 0 Å². The minimum atomic E-state index is -0.653. The molecule has 1 fully saturated rings. The summed E-state index contributed by atoms with van der Waals surface area (Å²) in [6.07, 6.45) is 1.36. The molecule has 1 heterocycles. The Balaban J connectivity index is 2.40. The highest BCUT2D eigenvalue weighted by Gasteiger charge is 2.52. The molecule has 1 aromatic rings. The number of alkyl carbamates (subject to hydrolysis) is 1. The first-order valence-electron chi connectivity index (χ1n) is 10.0. The minimum Gasteiger partial charge on any atom is -0.496 e. The van der Waals surface area contributed by atoms with Crippen LogP contribution in [-0.2, 0) is 14.0 Å². The molecule has 1 amide bonds. The molecule has 0 aromatic heterocycles. The maximum Gasteiger partial charge on any atom is 0.492 e. The predicted octanol–water partition coefficient (Wildman–Crippen LogP) is 4.24. The number of amides is 1. The zero-order chi connectivity index (χ0) is 22.7. The number of ether oxygens (including phenoxy) is 3. The van der Waals surface area contributed by atoms with Gasteiger partial charge in [0.25, 0.3) is 0 Å². The number of rotatable bonds is 6. The van der Waals surface area contributed by atoms with Gasteiger partial charge in [-0.3, -0.25) is 0 Å². The zero-order valence-electron chi connectivity index (χ0n) is 19.5. The van der Waals surface area contributed by atoms with E-state index in [1.807, 2.05) is 72.7 Å². The van der Waals surface area contributed by atoms with E-state index in [9.17, 15) is 4.79 Å². The van der Waals surface area contributed by atoms with E-state index in [0.717, 1.165) is 5.56 Å². The molecule has 1 aliphatic rings. The molecule has 1 aromatic carbocycles. The summed E-state index contributed by atoms with van der Waals surface area (Å²) < 4.78 is 28.8. The molecular formula is C22H34BNO6. The van der Waals surface area contributed by atoms with E-state index in [0.29, 0.717) is 17.0 Å². The van der Waals surface area contributed by atoms with E-state index in [1.165, 1.54) is 0 Å². The lowest BCUT2D eigenvalue weighted by Crippen LogP contribution is -2.41. The van der Waals surface area contributed by atoms with E-state index in [1.54, 1.807) is 14.2 Å². The lowest BCUT2D eigenvalue weighted by atomic mass is 9.76. The Labute approximate surface area is 180 Å². The van der Waals surface area contributed by atoms with Crippen molar-refractivity contribution in [3.05, 3.63) is 29.2 Å². The summed E-state index contributed by atoms with van der Waals surface area (Å²) in [5, 5.41) is 2.80. The molecule has 0 aliphatic carbocycles. The lowest BCUT2D eigenvalue weighted by molar-refractivity contribution is 0.00578. The number of nitrogens with one attached hydrogen (secondary N) is 1. The molecule has 30 heavy (non-hydrogen) atoms. The van der Waals surface area contributed by atoms with Gasteiger partial charge in [-0.05, 0) is 72.1 Å². The van der Waals surface area contributed by atoms with Gasteiger partial charge in [0.05, 0.1) is 31.0 Å². The Hall–Kier alpha value is -2.19. The minimum absolute atomic E-state index is 0.174. The predicted molar refractivity (Wildman–Crippen MR) is 118 cm³/mol. The van der Waals surface area contributed by atoms with Crippen LogP contribution in [0.25, 0.3) is 6.08 Å². The number of methoxy groups -OCH3 is 2. The van der Waals surface area contributed by atoms with Gasteiger partial charge in [-0.2, -0.15) is 0 Å². The van der Waals surface area contributed by atoms with Crippen LogP contribution in [0.5, 0.6) is 11.5 Å². The van der Waals surface area contributed by atoms with Crippen LogP contribution in [0.1, 0.15) is 54.0 Å². The summed E-state index contributed by atoms with van der Waals surface area (Å²) in [5.74, 6) is 1.28. The molecular weight excluding hydrogens is 385 g/mol. The number of benzene rings is 1. The maximum absolute atomic E-state index is 12.2. The normalized spacial score (nSPS) is 18.2. The maximum atomic E-state index is 12.2. The third-order valence-electron chi connectivity index (χ3n) is 5.19. The molecule has 0 atom stereocenters. The number of hydrogen-bond donors (Lipinski definition) is 1. The summed E-state index contributed by atoms with van der Waals surface area (Å²) >= 11 is 0. The van der Waals surface area contributed by atoms with E-state index >= 15 is 0 Å². The first-order chi connectivity index (χ1) is 13.8. The Morgan fingerprint density at radius 3 is 2.00 bits per heavy atom. The Morgan fingerprint density at radius 2 is 1.57 bits per heavy atom. The topological polar surface area (TPSA) is 75.3 Å². The molecule has 1 saturated heterocycles. The number of hydrogen-bond acceptors (Lipinski definition) is 6. The highest BCUT2D eigenvalue weighted by atomic mass is 16.7. The lowest BCUT2D eigenvalue weighted by Gasteiger charge is -2.32. The van der Waals surface area contributed by atoms with Crippen molar-refractivity contribution in [3.8, 4) is 11.5 Å². The second-order valence-electron chi connectivity index (χ2n) is 9.24. The van der Waals surface area contributed by atoms with Crippen molar-refractivity contribution in [2.24, 2.45) is 0 Å². The molecule has 0 saturated carbocycles. The molecule has 0 bridgehead atoms. The largest absolute Gasteiger partial charge is 0.496 e. The van der Waals surface area contributed by atoms with Crippen LogP contribution in [0.2, 0.25) is 0 Å².